The Balaban J connectivity index is 1.86. The van der Waals surface area contributed by atoms with Crippen molar-refractivity contribution in [2.24, 2.45) is 0 Å². The third-order valence-corrected chi connectivity index (χ3v) is 5.59. The molecule has 4 aromatic rings. The summed E-state index contributed by atoms with van der Waals surface area (Å²) in [5, 5.41) is 0.983. The molecular formula is C23H12Cl2FNO3. The first-order valence-corrected chi connectivity index (χ1v) is 9.81. The van der Waals surface area contributed by atoms with Gasteiger partial charge in [0.15, 0.2) is 5.43 Å². The molecule has 0 spiro atoms. The topological polar surface area (TPSA) is 50.5 Å². The summed E-state index contributed by atoms with van der Waals surface area (Å²) < 4.78 is 20.6. The monoisotopic (exact) mass is 439 g/mol. The zero-order chi connectivity index (χ0) is 21.0. The molecule has 0 saturated carbocycles. The van der Waals surface area contributed by atoms with Crippen LogP contribution in [0, 0.1) is 5.82 Å². The lowest BCUT2D eigenvalue weighted by Gasteiger charge is -2.25. The van der Waals surface area contributed by atoms with Gasteiger partial charge in [0, 0.05) is 21.3 Å². The van der Waals surface area contributed by atoms with Crippen LogP contribution in [0.15, 0.2) is 75.9 Å². The van der Waals surface area contributed by atoms with Gasteiger partial charge in [-0.25, -0.2) is 4.39 Å². The number of carbonyl (C=O) groups is 1. The highest BCUT2D eigenvalue weighted by Crippen LogP contribution is 2.42. The van der Waals surface area contributed by atoms with E-state index in [9.17, 15) is 14.0 Å². The van der Waals surface area contributed by atoms with Gasteiger partial charge in [0.2, 0.25) is 5.76 Å². The number of nitrogens with zero attached hydrogens (tertiary/aromatic N) is 1. The molecule has 0 fully saturated rings. The van der Waals surface area contributed by atoms with E-state index in [2.05, 4.69) is 0 Å². The average molecular weight is 440 g/mol. The quantitative estimate of drug-likeness (QED) is 0.385. The Morgan fingerprint density at radius 3 is 2.43 bits per heavy atom. The minimum Gasteiger partial charge on any atom is -0.450 e. The van der Waals surface area contributed by atoms with E-state index in [0.717, 1.165) is 0 Å². The summed E-state index contributed by atoms with van der Waals surface area (Å²) in [5.74, 6) is -1.21. The lowest BCUT2D eigenvalue weighted by molar-refractivity contribution is 0.0971. The molecule has 0 saturated heterocycles. The van der Waals surface area contributed by atoms with E-state index in [-0.39, 0.29) is 27.9 Å². The summed E-state index contributed by atoms with van der Waals surface area (Å²) >= 11 is 12.2. The van der Waals surface area contributed by atoms with Crippen LogP contribution in [-0.4, -0.2) is 5.91 Å². The highest BCUT2D eigenvalue weighted by molar-refractivity contribution is 6.31. The number of benzene rings is 3. The molecule has 1 aromatic heterocycles. The van der Waals surface area contributed by atoms with Gasteiger partial charge in [-0.05, 0) is 42.5 Å². The van der Waals surface area contributed by atoms with Crippen LogP contribution in [0.5, 0.6) is 0 Å². The molecule has 4 nitrogen and oxygen atoms in total. The molecule has 0 bridgehead atoms. The molecule has 0 radical (unpaired) electrons. The normalized spacial score (nSPS) is 15.6. The minimum absolute atomic E-state index is 0.0693. The number of halogens is 3. The van der Waals surface area contributed by atoms with Crippen molar-refractivity contribution < 1.29 is 13.6 Å². The molecule has 3 aromatic carbocycles. The molecule has 7 heteroatoms. The fourth-order valence-electron chi connectivity index (χ4n) is 3.83. The molecule has 0 aliphatic carbocycles. The Labute approximate surface area is 180 Å². The van der Waals surface area contributed by atoms with Gasteiger partial charge in [0.25, 0.3) is 5.91 Å². The summed E-state index contributed by atoms with van der Waals surface area (Å²) in [7, 11) is 0. The van der Waals surface area contributed by atoms with Gasteiger partial charge in [-0.1, -0.05) is 47.5 Å². The number of carbonyl (C=O) groups excluding carboxylic acids is 1. The highest BCUT2D eigenvalue weighted by Gasteiger charge is 2.44. The standard InChI is InChI=1S/C23H12Cl2FNO3/c24-12-4-3-5-14(10-12)27-20(15-6-1-2-7-17(15)26)19-21(28)16-11-13(25)8-9-18(16)30-22(19)23(27)29/h1-11,20H. The van der Waals surface area contributed by atoms with Crippen molar-refractivity contribution >= 4 is 45.8 Å². The van der Waals surface area contributed by atoms with Crippen molar-refractivity contribution in [3.05, 3.63) is 110 Å². The number of rotatable bonds is 2. The Morgan fingerprint density at radius 1 is 0.900 bits per heavy atom. The number of anilines is 1. The molecule has 1 unspecified atom stereocenters. The van der Waals surface area contributed by atoms with Gasteiger partial charge < -0.3 is 4.42 Å². The molecule has 1 aliphatic heterocycles. The van der Waals surface area contributed by atoms with Crippen molar-refractivity contribution in [1.29, 1.82) is 0 Å². The van der Waals surface area contributed by atoms with E-state index in [1.807, 2.05) is 0 Å². The van der Waals surface area contributed by atoms with Crippen LogP contribution in [0.2, 0.25) is 10.0 Å². The first-order valence-electron chi connectivity index (χ1n) is 9.05. The first-order chi connectivity index (χ1) is 14.5. The molecular weight excluding hydrogens is 428 g/mol. The summed E-state index contributed by atoms with van der Waals surface area (Å²) in [6.45, 7) is 0. The summed E-state index contributed by atoms with van der Waals surface area (Å²) in [4.78, 5) is 28.1. The molecule has 1 aliphatic rings. The highest BCUT2D eigenvalue weighted by atomic mass is 35.5. The Morgan fingerprint density at radius 2 is 1.67 bits per heavy atom. The molecule has 5 rings (SSSR count). The first kappa shape index (κ1) is 18.9. The van der Waals surface area contributed by atoms with Crippen molar-refractivity contribution in [3.63, 3.8) is 0 Å². The van der Waals surface area contributed by atoms with E-state index in [4.69, 9.17) is 27.6 Å². The Bertz CT molecular complexity index is 1400. The van der Waals surface area contributed by atoms with E-state index in [0.29, 0.717) is 15.7 Å². The SMILES string of the molecule is O=C1c2oc3ccc(Cl)cc3c(=O)c2C(c2ccccc2F)N1c1cccc(Cl)c1. The van der Waals surface area contributed by atoms with Crippen molar-refractivity contribution in [3.8, 4) is 0 Å². The number of hydrogen-bond donors (Lipinski definition) is 0. The third kappa shape index (κ3) is 2.82. The number of fused-ring (bicyclic) bond motifs is 2. The van der Waals surface area contributed by atoms with Gasteiger partial charge in [0.1, 0.15) is 11.4 Å². The summed E-state index contributed by atoms with van der Waals surface area (Å²) in [6, 6.07) is 16.2. The van der Waals surface area contributed by atoms with E-state index in [1.165, 1.54) is 23.1 Å². The maximum Gasteiger partial charge on any atom is 0.295 e. The molecule has 2 heterocycles. The van der Waals surface area contributed by atoms with Crippen LogP contribution in [0.25, 0.3) is 11.0 Å². The lowest BCUT2D eigenvalue weighted by atomic mass is 9.98. The second-order valence-corrected chi connectivity index (χ2v) is 7.77. The molecule has 0 N–H and O–H groups in total. The zero-order valence-corrected chi connectivity index (χ0v) is 16.7. The minimum atomic E-state index is -1.01. The average Bonchev–Trinajstić information content (AvgIpc) is 3.01. The van der Waals surface area contributed by atoms with Gasteiger partial charge in [-0.3, -0.25) is 14.5 Å². The van der Waals surface area contributed by atoms with Crippen LogP contribution in [-0.2, 0) is 0 Å². The Hall–Kier alpha value is -3.15. The van der Waals surface area contributed by atoms with E-state index in [1.54, 1.807) is 48.5 Å². The summed E-state index contributed by atoms with van der Waals surface area (Å²) in [6.07, 6.45) is 0. The Kier molecular flexibility index (Phi) is 4.38. The van der Waals surface area contributed by atoms with Crippen LogP contribution < -0.4 is 10.3 Å². The lowest BCUT2D eigenvalue weighted by Crippen LogP contribution is -2.30. The van der Waals surface area contributed by atoms with Crippen LogP contribution >= 0.6 is 23.2 Å². The van der Waals surface area contributed by atoms with Crippen LogP contribution in [0.1, 0.15) is 27.7 Å². The molecule has 1 atom stereocenters. The molecule has 1 amide bonds. The van der Waals surface area contributed by atoms with Gasteiger partial charge in [0.05, 0.1) is 17.0 Å². The molecule has 148 valence electrons. The maximum absolute atomic E-state index is 14.8. The number of amides is 1. The predicted octanol–water partition coefficient (Wildman–Crippen LogP) is 5.99. The van der Waals surface area contributed by atoms with Gasteiger partial charge in [-0.2, -0.15) is 0 Å². The van der Waals surface area contributed by atoms with E-state index >= 15 is 0 Å². The third-order valence-electron chi connectivity index (χ3n) is 5.12. The number of hydrogen-bond acceptors (Lipinski definition) is 3. The largest absolute Gasteiger partial charge is 0.450 e. The van der Waals surface area contributed by atoms with Crippen LogP contribution in [0.3, 0.4) is 0 Å². The molecule has 30 heavy (non-hydrogen) atoms. The smallest absolute Gasteiger partial charge is 0.295 e. The van der Waals surface area contributed by atoms with Gasteiger partial charge in [-0.15, -0.1) is 0 Å². The van der Waals surface area contributed by atoms with Crippen molar-refractivity contribution in [2.75, 3.05) is 4.90 Å². The second kappa shape index (κ2) is 6.97. The predicted molar refractivity (Wildman–Crippen MR) is 114 cm³/mol. The second-order valence-electron chi connectivity index (χ2n) is 6.89. The fourth-order valence-corrected chi connectivity index (χ4v) is 4.19. The van der Waals surface area contributed by atoms with Crippen molar-refractivity contribution in [1.82, 2.24) is 0 Å². The summed E-state index contributed by atoms with van der Waals surface area (Å²) in [5.41, 5.74) is 0.475. The van der Waals surface area contributed by atoms with Crippen molar-refractivity contribution in [2.45, 2.75) is 6.04 Å². The maximum atomic E-state index is 14.8. The van der Waals surface area contributed by atoms with Crippen LogP contribution in [0.4, 0.5) is 10.1 Å². The van der Waals surface area contributed by atoms with E-state index < -0.39 is 23.2 Å². The zero-order valence-electron chi connectivity index (χ0n) is 15.2. The fraction of sp³-hybridized carbons (Fsp3) is 0.0435. The van der Waals surface area contributed by atoms with Gasteiger partial charge >= 0.3 is 0 Å².